The summed E-state index contributed by atoms with van der Waals surface area (Å²) >= 11 is 0. The van der Waals surface area contributed by atoms with Gasteiger partial charge in [0.25, 0.3) is 5.56 Å². The van der Waals surface area contributed by atoms with E-state index in [1.807, 2.05) is 6.92 Å². The van der Waals surface area contributed by atoms with Crippen LogP contribution in [0.4, 0.5) is 5.82 Å². The Hall–Kier alpha value is -1.32. The van der Waals surface area contributed by atoms with Gasteiger partial charge in [-0.15, -0.1) is 0 Å². The van der Waals surface area contributed by atoms with E-state index in [1.165, 1.54) is 6.07 Å². The first kappa shape index (κ1) is 8.77. The fourth-order valence-electron chi connectivity index (χ4n) is 0.991. The molecular weight excluding hydrogens is 154 g/mol. The number of aromatic amines is 1. The zero-order valence-corrected chi connectivity index (χ0v) is 7.35. The van der Waals surface area contributed by atoms with Crippen LogP contribution in [-0.4, -0.2) is 17.0 Å². The minimum absolute atomic E-state index is 0.0993. The van der Waals surface area contributed by atoms with Crippen molar-refractivity contribution in [1.29, 1.82) is 0 Å². The van der Waals surface area contributed by atoms with Crippen molar-refractivity contribution in [3.05, 3.63) is 22.2 Å². The molecule has 0 aliphatic rings. The highest BCUT2D eigenvalue weighted by molar-refractivity contribution is 5.31. The number of aromatic nitrogens is 2. The molecule has 0 aromatic carbocycles. The molecule has 1 rings (SSSR count). The van der Waals surface area contributed by atoms with Crippen molar-refractivity contribution < 1.29 is 0 Å². The number of nitrogens with one attached hydrogen (secondary N) is 2. The maximum Gasteiger partial charge on any atom is 0.252 e. The average Bonchev–Trinajstić information content (AvgIpc) is 2.04. The highest BCUT2D eigenvalue weighted by atomic mass is 16.1. The van der Waals surface area contributed by atoms with Crippen LogP contribution in [0.25, 0.3) is 0 Å². The van der Waals surface area contributed by atoms with Crippen molar-refractivity contribution >= 4 is 5.82 Å². The van der Waals surface area contributed by atoms with Crippen LogP contribution in [-0.2, 0) is 6.42 Å². The van der Waals surface area contributed by atoms with E-state index in [-0.39, 0.29) is 5.56 Å². The van der Waals surface area contributed by atoms with Crippen LogP contribution in [0.2, 0.25) is 0 Å². The van der Waals surface area contributed by atoms with Gasteiger partial charge in [-0.3, -0.25) is 4.79 Å². The van der Waals surface area contributed by atoms with Crippen molar-refractivity contribution in [2.45, 2.75) is 19.8 Å². The number of hydrogen-bond acceptors (Lipinski definition) is 3. The smallest absolute Gasteiger partial charge is 0.252 e. The molecule has 1 aromatic heterocycles. The molecule has 1 aromatic rings. The number of H-pyrrole nitrogens is 1. The highest BCUT2D eigenvalue weighted by Gasteiger charge is 1.97. The van der Waals surface area contributed by atoms with Crippen LogP contribution in [0.15, 0.2) is 10.9 Å². The van der Waals surface area contributed by atoms with Crippen LogP contribution >= 0.6 is 0 Å². The molecule has 0 radical (unpaired) electrons. The number of rotatable bonds is 3. The molecule has 12 heavy (non-hydrogen) atoms. The van der Waals surface area contributed by atoms with Crippen molar-refractivity contribution in [3.8, 4) is 0 Å². The number of anilines is 1. The van der Waals surface area contributed by atoms with Gasteiger partial charge in [-0.2, -0.15) is 0 Å². The molecule has 0 bridgehead atoms. The van der Waals surface area contributed by atoms with Crippen molar-refractivity contribution in [2.24, 2.45) is 0 Å². The maximum absolute atomic E-state index is 11.0. The minimum Gasteiger partial charge on any atom is -0.373 e. The van der Waals surface area contributed by atoms with Crippen LogP contribution in [0.1, 0.15) is 19.2 Å². The third kappa shape index (κ3) is 2.08. The average molecular weight is 167 g/mol. The number of hydrogen-bond donors (Lipinski definition) is 2. The predicted octanol–water partition coefficient (Wildman–Crippen LogP) is 0.764. The summed E-state index contributed by atoms with van der Waals surface area (Å²) in [6.45, 7) is 2.05. The van der Waals surface area contributed by atoms with Gasteiger partial charge in [-0.05, 0) is 6.42 Å². The Labute approximate surface area is 71.0 Å². The summed E-state index contributed by atoms with van der Waals surface area (Å²) in [6, 6.07) is 1.44. The number of aryl methyl sites for hydroxylation is 1. The summed E-state index contributed by atoms with van der Waals surface area (Å²) in [5, 5.41) is 2.84. The van der Waals surface area contributed by atoms with E-state index >= 15 is 0 Å². The molecule has 0 aliphatic carbocycles. The van der Waals surface area contributed by atoms with Gasteiger partial charge in [0.2, 0.25) is 0 Å². The molecule has 0 spiro atoms. The summed E-state index contributed by atoms with van der Waals surface area (Å²) in [4.78, 5) is 17.9. The summed E-state index contributed by atoms with van der Waals surface area (Å²) in [5.41, 5.74) is -0.0993. The molecule has 1 heterocycles. The second kappa shape index (κ2) is 3.90. The third-order valence-electron chi connectivity index (χ3n) is 1.53. The lowest BCUT2D eigenvalue weighted by molar-refractivity contribution is 0.827. The van der Waals surface area contributed by atoms with Gasteiger partial charge < -0.3 is 10.3 Å². The minimum atomic E-state index is -0.0993. The van der Waals surface area contributed by atoms with Gasteiger partial charge in [-0.25, -0.2) is 4.98 Å². The summed E-state index contributed by atoms with van der Waals surface area (Å²) in [5.74, 6) is 1.37. The molecule has 4 nitrogen and oxygen atoms in total. The molecule has 4 heteroatoms. The Kier molecular flexibility index (Phi) is 2.85. The molecule has 0 saturated carbocycles. The summed E-state index contributed by atoms with van der Waals surface area (Å²) in [6.07, 6.45) is 1.79. The fraction of sp³-hybridized carbons (Fsp3) is 0.500. The summed E-state index contributed by atoms with van der Waals surface area (Å²) in [7, 11) is 1.75. The molecule has 0 atom stereocenters. The largest absolute Gasteiger partial charge is 0.373 e. The molecule has 66 valence electrons. The van der Waals surface area contributed by atoms with E-state index < -0.39 is 0 Å². The fourth-order valence-corrected chi connectivity index (χ4v) is 0.991. The molecule has 0 aliphatic heterocycles. The lowest BCUT2D eigenvalue weighted by Gasteiger charge is -2.01. The Morgan fingerprint density at radius 2 is 2.42 bits per heavy atom. The maximum atomic E-state index is 11.0. The van der Waals surface area contributed by atoms with E-state index in [0.717, 1.165) is 18.7 Å². The lowest BCUT2D eigenvalue weighted by atomic mass is 10.3. The topological polar surface area (TPSA) is 57.8 Å². The summed E-state index contributed by atoms with van der Waals surface area (Å²) < 4.78 is 0. The first-order valence-corrected chi connectivity index (χ1v) is 4.04. The molecule has 0 amide bonds. The van der Waals surface area contributed by atoms with Gasteiger partial charge in [0.1, 0.15) is 11.6 Å². The Morgan fingerprint density at radius 1 is 1.67 bits per heavy atom. The Morgan fingerprint density at radius 3 is 3.00 bits per heavy atom. The molecule has 2 N–H and O–H groups in total. The van der Waals surface area contributed by atoms with Crippen molar-refractivity contribution in [2.75, 3.05) is 12.4 Å². The predicted molar refractivity (Wildman–Crippen MR) is 48.4 cm³/mol. The third-order valence-corrected chi connectivity index (χ3v) is 1.53. The van der Waals surface area contributed by atoms with Gasteiger partial charge in [0.15, 0.2) is 0 Å². The van der Waals surface area contributed by atoms with E-state index in [2.05, 4.69) is 15.3 Å². The second-order valence-corrected chi connectivity index (χ2v) is 2.58. The van der Waals surface area contributed by atoms with Gasteiger partial charge in [0.05, 0.1) is 0 Å². The van der Waals surface area contributed by atoms with Gasteiger partial charge >= 0.3 is 0 Å². The lowest BCUT2D eigenvalue weighted by Crippen LogP contribution is -2.12. The second-order valence-electron chi connectivity index (χ2n) is 2.58. The normalized spacial score (nSPS) is 9.83. The Bertz CT molecular complexity index is 305. The van der Waals surface area contributed by atoms with Crippen molar-refractivity contribution in [3.63, 3.8) is 0 Å². The molecule has 0 saturated heterocycles. The molecular formula is C8H13N3O. The monoisotopic (exact) mass is 167 g/mol. The van der Waals surface area contributed by atoms with E-state index in [4.69, 9.17) is 0 Å². The molecule has 0 fully saturated rings. The highest BCUT2D eigenvalue weighted by Crippen LogP contribution is 1.98. The first-order chi connectivity index (χ1) is 5.76. The number of nitrogens with zero attached hydrogens (tertiary/aromatic N) is 1. The van der Waals surface area contributed by atoms with Crippen LogP contribution in [0.3, 0.4) is 0 Å². The van der Waals surface area contributed by atoms with Crippen LogP contribution in [0.5, 0.6) is 0 Å². The zero-order valence-electron chi connectivity index (χ0n) is 7.35. The van der Waals surface area contributed by atoms with Gasteiger partial charge in [-0.1, -0.05) is 6.92 Å². The van der Waals surface area contributed by atoms with E-state index in [0.29, 0.717) is 5.82 Å². The van der Waals surface area contributed by atoms with Gasteiger partial charge in [0, 0.05) is 19.5 Å². The SMILES string of the molecule is CCCc1nc(NC)cc(=O)[nH]1. The first-order valence-electron chi connectivity index (χ1n) is 4.04. The molecule has 0 unspecified atom stereocenters. The van der Waals surface area contributed by atoms with Crippen molar-refractivity contribution in [1.82, 2.24) is 9.97 Å². The van der Waals surface area contributed by atoms with Crippen LogP contribution < -0.4 is 10.9 Å². The zero-order chi connectivity index (χ0) is 8.97. The Balaban J connectivity index is 2.98. The van der Waals surface area contributed by atoms with E-state index in [1.54, 1.807) is 7.05 Å². The van der Waals surface area contributed by atoms with Crippen LogP contribution in [0, 0.1) is 0 Å². The quantitative estimate of drug-likeness (QED) is 0.699. The van der Waals surface area contributed by atoms with E-state index in [9.17, 15) is 4.79 Å². The standard InChI is InChI=1S/C8H13N3O/c1-3-4-6-10-7(9-2)5-8(12)11-6/h5H,3-4H2,1-2H3,(H2,9,10,11,12).